The van der Waals surface area contributed by atoms with Gasteiger partial charge in [0, 0.05) is 6.54 Å². The first-order valence-corrected chi connectivity index (χ1v) is 7.30. The first-order chi connectivity index (χ1) is 9.64. The van der Waals surface area contributed by atoms with Crippen molar-refractivity contribution in [1.82, 2.24) is 10.6 Å². The number of hydrogen-bond acceptors (Lipinski definition) is 3. The van der Waals surface area contributed by atoms with E-state index in [0.29, 0.717) is 13.0 Å². The predicted molar refractivity (Wildman–Crippen MR) is 79.4 cm³/mol. The van der Waals surface area contributed by atoms with Gasteiger partial charge in [-0.2, -0.15) is 0 Å². The molecular formula is C16H24N2O2. The van der Waals surface area contributed by atoms with Gasteiger partial charge in [0.15, 0.2) is 0 Å². The molecule has 0 bridgehead atoms. The molecule has 0 radical (unpaired) electrons. The average molecular weight is 276 g/mol. The molecular weight excluding hydrogens is 252 g/mol. The molecule has 0 saturated carbocycles. The lowest BCUT2D eigenvalue weighted by Gasteiger charge is -2.34. The van der Waals surface area contributed by atoms with Crippen LogP contribution in [0.1, 0.15) is 25.3 Å². The van der Waals surface area contributed by atoms with Crippen molar-refractivity contribution in [3.8, 4) is 0 Å². The minimum absolute atomic E-state index is 0.0376. The zero-order valence-corrected chi connectivity index (χ0v) is 12.1. The average Bonchev–Trinajstić information content (AvgIpc) is 2.48. The van der Waals surface area contributed by atoms with Crippen molar-refractivity contribution in [2.24, 2.45) is 5.41 Å². The van der Waals surface area contributed by atoms with Crippen molar-refractivity contribution in [3.63, 3.8) is 0 Å². The molecule has 110 valence electrons. The first-order valence-electron chi connectivity index (χ1n) is 7.30. The first kappa shape index (κ1) is 15.0. The number of aliphatic hydroxyl groups excluding tert-OH is 1. The van der Waals surface area contributed by atoms with E-state index in [2.05, 4.69) is 10.6 Å². The Bertz CT molecular complexity index is 427. The second-order valence-corrected chi connectivity index (χ2v) is 5.88. The Labute approximate surface area is 120 Å². The number of carbonyl (C=O) groups excluding carboxylic acids is 1. The van der Waals surface area contributed by atoms with Crippen LogP contribution in [0.3, 0.4) is 0 Å². The lowest BCUT2D eigenvalue weighted by Crippen LogP contribution is -2.52. The number of carbonyl (C=O) groups is 1. The summed E-state index contributed by atoms with van der Waals surface area (Å²) in [5, 5.41) is 15.8. The second-order valence-electron chi connectivity index (χ2n) is 5.88. The third-order valence-electron chi connectivity index (χ3n) is 4.03. The van der Waals surface area contributed by atoms with E-state index in [4.69, 9.17) is 0 Å². The van der Waals surface area contributed by atoms with Gasteiger partial charge in [-0.15, -0.1) is 0 Å². The fraction of sp³-hybridized carbons (Fsp3) is 0.562. The van der Waals surface area contributed by atoms with E-state index in [1.807, 2.05) is 37.3 Å². The standard InChI is InChI=1S/C16H24N2O2/c1-16(8-5-9-17-12-16)15(20)18-14(11-19)10-13-6-3-2-4-7-13/h2-4,6-7,14,17,19H,5,8-12H2,1H3,(H,18,20). The number of amides is 1. The third-order valence-corrected chi connectivity index (χ3v) is 4.03. The lowest BCUT2D eigenvalue weighted by atomic mass is 9.81. The Balaban J connectivity index is 1.94. The van der Waals surface area contributed by atoms with Gasteiger partial charge in [0.25, 0.3) is 0 Å². The summed E-state index contributed by atoms with van der Waals surface area (Å²) in [7, 11) is 0. The fourth-order valence-electron chi connectivity index (χ4n) is 2.67. The maximum Gasteiger partial charge on any atom is 0.227 e. The molecule has 0 aromatic heterocycles. The van der Waals surface area contributed by atoms with Crippen LogP contribution in [0.25, 0.3) is 0 Å². The monoisotopic (exact) mass is 276 g/mol. The van der Waals surface area contributed by atoms with Crippen LogP contribution in [0, 0.1) is 5.41 Å². The summed E-state index contributed by atoms with van der Waals surface area (Å²) in [6.45, 7) is 3.65. The minimum atomic E-state index is -0.359. The van der Waals surface area contributed by atoms with Gasteiger partial charge in [0.1, 0.15) is 0 Å². The normalized spacial score (nSPS) is 24.1. The molecule has 1 fully saturated rings. The molecule has 2 atom stereocenters. The molecule has 2 unspecified atom stereocenters. The predicted octanol–water partition coefficient (Wildman–Crippen LogP) is 1.10. The topological polar surface area (TPSA) is 61.4 Å². The molecule has 1 amide bonds. The second kappa shape index (κ2) is 6.86. The number of aliphatic hydroxyl groups is 1. The number of benzene rings is 1. The molecule has 2 rings (SSSR count). The zero-order valence-electron chi connectivity index (χ0n) is 12.1. The summed E-state index contributed by atoms with van der Waals surface area (Å²) in [5.41, 5.74) is 0.765. The summed E-state index contributed by atoms with van der Waals surface area (Å²) in [5.74, 6) is 0.0414. The van der Waals surface area contributed by atoms with Crippen LogP contribution in [0.4, 0.5) is 0 Å². The maximum absolute atomic E-state index is 12.4. The van der Waals surface area contributed by atoms with Crippen LogP contribution in [0.5, 0.6) is 0 Å². The molecule has 4 heteroatoms. The highest BCUT2D eigenvalue weighted by Gasteiger charge is 2.35. The highest BCUT2D eigenvalue weighted by Crippen LogP contribution is 2.25. The minimum Gasteiger partial charge on any atom is -0.394 e. The Morgan fingerprint density at radius 2 is 2.20 bits per heavy atom. The molecule has 1 aromatic carbocycles. The van der Waals surface area contributed by atoms with Gasteiger partial charge >= 0.3 is 0 Å². The molecule has 1 heterocycles. The van der Waals surface area contributed by atoms with E-state index < -0.39 is 0 Å². The molecule has 0 spiro atoms. The molecule has 0 aliphatic carbocycles. The largest absolute Gasteiger partial charge is 0.394 e. The van der Waals surface area contributed by atoms with Crippen molar-refractivity contribution >= 4 is 5.91 Å². The molecule has 1 saturated heterocycles. The van der Waals surface area contributed by atoms with E-state index in [0.717, 1.165) is 24.9 Å². The maximum atomic E-state index is 12.4. The molecule has 1 aromatic rings. The van der Waals surface area contributed by atoms with E-state index >= 15 is 0 Å². The van der Waals surface area contributed by atoms with Crippen molar-refractivity contribution in [1.29, 1.82) is 0 Å². The van der Waals surface area contributed by atoms with Gasteiger partial charge < -0.3 is 15.7 Å². The summed E-state index contributed by atoms with van der Waals surface area (Å²) >= 11 is 0. The Kier molecular flexibility index (Phi) is 5.15. The van der Waals surface area contributed by atoms with Gasteiger partial charge in [0.2, 0.25) is 5.91 Å². The van der Waals surface area contributed by atoms with Crippen LogP contribution in [0.2, 0.25) is 0 Å². The van der Waals surface area contributed by atoms with E-state index in [1.165, 1.54) is 0 Å². The quantitative estimate of drug-likeness (QED) is 0.754. The van der Waals surface area contributed by atoms with Crippen molar-refractivity contribution < 1.29 is 9.90 Å². The van der Waals surface area contributed by atoms with Crippen LogP contribution in [0.15, 0.2) is 30.3 Å². The Morgan fingerprint density at radius 3 is 2.80 bits per heavy atom. The van der Waals surface area contributed by atoms with Gasteiger partial charge in [-0.05, 0) is 38.3 Å². The number of hydrogen-bond donors (Lipinski definition) is 3. The molecule has 1 aliphatic heterocycles. The van der Waals surface area contributed by atoms with Gasteiger partial charge in [-0.3, -0.25) is 4.79 Å². The smallest absolute Gasteiger partial charge is 0.227 e. The summed E-state index contributed by atoms with van der Waals surface area (Å²) < 4.78 is 0. The number of rotatable bonds is 5. The fourth-order valence-corrected chi connectivity index (χ4v) is 2.67. The molecule has 20 heavy (non-hydrogen) atoms. The highest BCUT2D eigenvalue weighted by atomic mass is 16.3. The van der Waals surface area contributed by atoms with E-state index in [-0.39, 0.29) is 24.0 Å². The zero-order chi connectivity index (χ0) is 14.4. The van der Waals surface area contributed by atoms with Crippen LogP contribution >= 0.6 is 0 Å². The van der Waals surface area contributed by atoms with Crippen LogP contribution < -0.4 is 10.6 Å². The Hall–Kier alpha value is -1.39. The summed E-state index contributed by atoms with van der Waals surface area (Å²) in [6, 6.07) is 9.71. The number of nitrogens with one attached hydrogen (secondary N) is 2. The van der Waals surface area contributed by atoms with E-state index in [1.54, 1.807) is 0 Å². The van der Waals surface area contributed by atoms with Gasteiger partial charge in [-0.25, -0.2) is 0 Å². The third kappa shape index (κ3) is 3.81. The molecule has 4 nitrogen and oxygen atoms in total. The number of piperidine rings is 1. The molecule has 3 N–H and O–H groups in total. The Morgan fingerprint density at radius 1 is 1.45 bits per heavy atom. The summed E-state index contributed by atoms with van der Waals surface area (Å²) in [6.07, 6.45) is 2.58. The highest BCUT2D eigenvalue weighted by molar-refractivity contribution is 5.83. The SMILES string of the molecule is CC1(C(=O)NC(CO)Cc2ccccc2)CCCNC1. The summed E-state index contributed by atoms with van der Waals surface area (Å²) in [4.78, 5) is 12.4. The van der Waals surface area contributed by atoms with Crippen LogP contribution in [-0.2, 0) is 11.2 Å². The van der Waals surface area contributed by atoms with Crippen molar-refractivity contribution in [2.45, 2.75) is 32.2 Å². The molecule has 1 aliphatic rings. The van der Waals surface area contributed by atoms with Crippen molar-refractivity contribution in [3.05, 3.63) is 35.9 Å². The van der Waals surface area contributed by atoms with Gasteiger partial charge in [0.05, 0.1) is 18.1 Å². The van der Waals surface area contributed by atoms with Crippen molar-refractivity contribution in [2.75, 3.05) is 19.7 Å². The van der Waals surface area contributed by atoms with E-state index in [9.17, 15) is 9.90 Å². The lowest BCUT2D eigenvalue weighted by molar-refractivity contribution is -0.132. The van der Waals surface area contributed by atoms with Crippen LogP contribution in [-0.4, -0.2) is 36.8 Å². The van der Waals surface area contributed by atoms with Gasteiger partial charge in [-0.1, -0.05) is 30.3 Å².